The Labute approximate surface area is 203 Å². The third-order valence-electron chi connectivity index (χ3n) is 8.44. The van der Waals surface area contributed by atoms with E-state index < -0.39 is 5.97 Å². The highest BCUT2D eigenvalue weighted by Gasteiger charge is 2.45. The zero-order valence-electron chi connectivity index (χ0n) is 20.5. The minimum absolute atomic E-state index is 0.207. The van der Waals surface area contributed by atoms with E-state index in [1.165, 1.54) is 48.9 Å². The summed E-state index contributed by atoms with van der Waals surface area (Å²) in [6.45, 7) is 2.89. The highest BCUT2D eigenvalue weighted by molar-refractivity contribution is 5.90. The molecule has 6 nitrogen and oxygen atoms in total. The number of quaternary nitrogens is 1. The van der Waals surface area contributed by atoms with Crippen LogP contribution in [-0.4, -0.2) is 61.9 Å². The maximum Gasteiger partial charge on any atom is 0.335 e. The van der Waals surface area contributed by atoms with Crippen molar-refractivity contribution in [1.29, 1.82) is 0 Å². The number of hydrogen-bond acceptors (Lipinski definition) is 4. The van der Waals surface area contributed by atoms with E-state index in [0.29, 0.717) is 24.6 Å². The molecule has 0 radical (unpaired) electrons. The number of benzene rings is 1. The highest BCUT2D eigenvalue weighted by atomic mass is 16.5. The third kappa shape index (κ3) is 4.07. The van der Waals surface area contributed by atoms with E-state index in [1.54, 1.807) is 6.07 Å². The maximum absolute atomic E-state index is 11.9. The summed E-state index contributed by atoms with van der Waals surface area (Å²) in [7, 11) is 4.45. The third-order valence-corrected chi connectivity index (χ3v) is 8.44. The summed E-state index contributed by atoms with van der Waals surface area (Å²) in [5, 5.41) is 9.78. The Morgan fingerprint density at radius 1 is 1.24 bits per heavy atom. The molecule has 2 atom stereocenters. The average molecular weight is 465 g/mol. The van der Waals surface area contributed by atoms with Crippen LogP contribution in [0.25, 0.3) is 0 Å². The minimum atomic E-state index is -0.870. The van der Waals surface area contributed by atoms with Gasteiger partial charge in [0.15, 0.2) is 0 Å². The molecule has 1 aromatic rings. The number of likely N-dealkylation sites (N-methyl/N-ethyl adjacent to an activating group) is 1. The minimum Gasteiger partial charge on any atom is -0.487 e. The van der Waals surface area contributed by atoms with Gasteiger partial charge in [-0.1, -0.05) is 37.5 Å². The predicted octanol–water partition coefficient (Wildman–Crippen LogP) is 4.40. The molecule has 182 valence electrons. The lowest BCUT2D eigenvalue weighted by molar-refractivity contribution is -0.912. The number of allylic oxidation sites excluding steroid dienone is 5. The molecule has 2 aliphatic carbocycles. The van der Waals surface area contributed by atoms with Gasteiger partial charge in [-0.2, -0.15) is 0 Å². The molecular weight excluding hydrogens is 426 g/mol. The number of carboxylic acids is 1. The molecule has 0 spiro atoms. The molecule has 1 saturated carbocycles. The Bertz CT molecular complexity index is 1050. The Hall–Kier alpha value is -2.57. The predicted molar refractivity (Wildman–Crippen MR) is 135 cm³/mol. The second-order valence-corrected chi connectivity index (χ2v) is 10.8. The number of aromatic carboxylic acids is 1. The van der Waals surface area contributed by atoms with Crippen LogP contribution in [-0.2, 0) is 4.74 Å². The molecule has 2 aliphatic heterocycles. The lowest BCUT2D eigenvalue weighted by atomic mass is 9.75. The maximum atomic E-state index is 11.9. The van der Waals surface area contributed by atoms with Crippen LogP contribution < -0.4 is 10.6 Å². The van der Waals surface area contributed by atoms with Gasteiger partial charge in [0.05, 0.1) is 32.7 Å². The van der Waals surface area contributed by atoms with Crippen LogP contribution in [0.1, 0.15) is 60.4 Å². The second kappa shape index (κ2) is 9.23. The van der Waals surface area contributed by atoms with Crippen LogP contribution in [0.15, 0.2) is 53.5 Å². The molecule has 6 heteroatoms. The van der Waals surface area contributed by atoms with E-state index in [1.807, 2.05) is 6.07 Å². The van der Waals surface area contributed by atoms with E-state index in [4.69, 9.17) is 10.5 Å². The summed E-state index contributed by atoms with van der Waals surface area (Å²) in [6.07, 6.45) is 13.6. The molecule has 1 aromatic carbocycles. The SMILES string of the molecule is C[N+](C)(CCN)C1COC2=CC=CC/C2=C2\C(C3CCCCC3)c3ccc(C(=O)O)cc3N2C1. The zero-order valence-corrected chi connectivity index (χ0v) is 20.5. The first-order chi connectivity index (χ1) is 16.4. The Morgan fingerprint density at radius 3 is 2.76 bits per heavy atom. The number of ether oxygens (including phenoxy) is 1. The topological polar surface area (TPSA) is 75.8 Å². The molecule has 2 unspecified atom stereocenters. The summed E-state index contributed by atoms with van der Waals surface area (Å²) in [5.41, 5.74) is 11.3. The van der Waals surface area contributed by atoms with Crippen LogP contribution in [0.5, 0.6) is 0 Å². The average Bonchev–Trinajstić information content (AvgIpc) is 3.13. The molecule has 1 fully saturated rings. The summed E-state index contributed by atoms with van der Waals surface area (Å²) in [5.74, 6) is 0.972. The van der Waals surface area contributed by atoms with Gasteiger partial charge < -0.3 is 25.0 Å². The molecule has 0 bridgehead atoms. The quantitative estimate of drug-likeness (QED) is 0.632. The van der Waals surface area contributed by atoms with Gasteiger partial charge in [0, 0.05) is 29.4 Å². The van der Waals surface area contributed by atoms with Crippen LogP contribution >= 0.6 is 0 Å². The van der Waals surface area contributed by atoms with Gasteiger partial charge >= 0.3 is 5.97 Å². The van der Waals surface area contributed by atoms with Gasteiger partial charge in [-0.05, 0) is 49.0 Å². The number of rotatable bonds is 5. The summed E-state index contributed by atoms with van der Waals surface area (Å²) in [6, 6.07) is 6.00. The fraction of sp³-hybridized carbons (Fsp3) is 0.536. The number of nitrogens with zero attached hydrogens (tertiary/aromatic N) is 2. The van der Waals surface area contributed by atoms with Crippen molar-refractivity contribution in [2.75, 3.05) is 45.2 Å². The van der Waals surface area contributed by atoms with Gasteiger partial charge in [-0.25, -0.2) is 4.79 Å². The zero-order chi connectivity index (χ0) is 23.9. The van der Waals surface area contributed by atoms with Gasteiger partial charge in [-0.3, -0.25) is 0 Å². The normalized spacial score (nSPS) is 27.1. The van der Waals surface area contributed by atoms with Crippen LogP contribution in [0, 0.1) is 5.92 Å². The van der Waals surface area contributed by atoms with Crippen LogP contribution in [0.4, 0.5) is 5.69 Å². The van der Waals surface area contributed by atoms with Crippen LogP contribution in [0.2, 0.25) is 0 Å². The lowest BCUT2D eigenvalue weighted by Gasteiger charge is -2.43. The smallest absolute Gasteiger partial charge is 0.335 e. The van der Waals surface area contributed by atoms with E-state index in [0.717, 1.165) is 35.4 Å². The molecule has 0 saturated heterocycles. The monoisotopic (exact) mass is 464 g/mol. The molecule has 0 amide bonds. The first-order valence-corrected chi connectivity index (χ1v) is 12.8. The van der Waals surface area contributed by atoms with E-state index in [9.17, 15) is 9.90 Å². The van der Waals surface area contributed by atoms with E-state index in [-0.39, 0.29) is 12.0 Å². The molecule has 0 aromatic heterocycles. The van der Waals surface area contributed by atoms with Gasteiger partial charge in [0.2, 0.25) is 0 Å². The number of fused-ring (bicyclic) bond motifs is 4. The second-order valence-electron chi connectivity index (χ2n) is 10.8. The molecule has 3 N–H and O–H groups in total. The van der Waals surface area contributed by atoms with Gasteiger partial charge in [0.1, 0.15) is 18.4 Å². The highest BCUT2D eigenvalue weighted by Crippen LogP contribution is 2.54. The van der Waals surface area contributed by atoms with Crippen molar-refractivity contribution >= 4 is 11.7 Å². The lowest BCUT2D eigenvalue weighted by Crippen LogP contribution is -2.58. The Balaban J connectivity index is 1.69. The number of hydrogen-bond donors (Lipinski definition) is 2. The standard InChI is InChI=1S/C28H37N3O3/c1-31(2,15-14-29)21-17-30-24-16-20(28(32)33)12-13-22(24)26(19-8-4-3-5-9-19)27(30)23-10-6-7-11-25(23)34-18-21/h6-7,11-13,16,19,21,26H,3-5,8-10,14-15,17-18,29H2,1-2H3/p+1/b27-23-. The molecule has 34 heavy (non-hydrogen) atoms. The molecule has 4 aliphatic rings. The van der Waals surface area contributed by atoms with Crippen molar-refractivity contribution in [3.05, 3.63) is 64.6 Å². The number of nitrogens with two attached hydrogens (primary N) is 1. The van der Waals surface area contributed by atoms with Gasteiger partial charge in [0.25, 0.3) is 0 Å². The van der Waals surface area contributed by atoms with Crippen molar-refractivity contribution in [3.8, 4) is 0 Å². The summed E-state index contributed by atoms with van der Waals surface area (Å²) < 4.78 is 7.28. The first-order valence-electron chi connectivity index (χ1n) is 12.8. The largest absolute Gasteiger partial charge is 0.487 e. The summed E-state index contributed by atoms with van der Waals surface area (Å²) >= 11 is 0. The molecular formula is C28H38N3O3+. The fourth-order valence-corrected chi connectivity index (χ4v) is 6.41. The Kier molecular flexibility index (Phi) is 6.30. The van der Waals surface area contributed by atoms with Crippen molar-refractivity contribution in [1.82, 2.24) is 0 Å². The van der Waals surface area contributed by atoms with Crippen molar-refractivity contribution < 1.29 is 19.1 Å². The number of carboxylic acid groups (broad SMARTS) is 1. The van der Waals surface area contributed by atoms with E-state index >= 15 is 0 Å². The van der Waals surface area contributed by atoms with Crippen molar-refractivity contribution in [2.45, 2.75) is 50.5 Å². The number of anilines is 1. The molecule has 5 rings (SSSR count). The molecule has 2 heterocycles. The summed E-state index contributed by atoms with van der Waals surface area (Å²) in [4.78, 5) is 14.4. The van der Waals surface area contributed by atoms with Crippen molar-refractivity contribution in [2.24, 2.45) is 11.7 Å². The Morgan fingerprint density at radius 2 is 2.03 bits per heavy atom. The fourth-order valence-electron chi connectivity index (χ4n) is 6.41. The van der Waals surface area contributed by atoms with Crippen LogP contribution in [0.3, 0.4) is 0 Å². The number of carbonyl (C=O) groups is 1. The van der Waals surface area contributed by atoms with Crippen molar-refractivity contribution in [3.63, 3.8) is 0 Å². The van der Waals surface area contributed by atoms with E-state index in [2.05, 4.69) is 43.3 Å². The van der Waals surface area contributed by atoms with Gasteiger partial charge in [-0.15, -0.1) is 0 Å². The first kappa shape index (κ1) is 23.2.